The van der Waals surface area contributed by atoms with Gasteiger partial charge in [0, 0.05) is 11.1 Å². The number of benzene rings is 3. The second-order valence-electron chi connectivity index (χ2n) is 6.79. The molecule has 3 aromatic rings. The Labute approximate surface area is 150 Å². The highest BCUT2D eigenvalue weighted by Crippen LogP contribution is 2.24. The van der Waals surface area contributed by atoms with Gasteiger partial charge in [-0.15, -0.1) is 0 Å². The van der Waals surface area contributed by atoms with Crippen LogP contribution in [0.25, 0.3) is 0 Å². The number of hydrogen-bond donors (Lipinski definition) is 0. The highest BCUT2D eigenvalue weighted by atomic mass is 16.1. The van der Waals surface area contributed by atoms with Crippen molar-refractivity contribution in [1.82, 2.24) is 0 Å². The number of carbonyl (C=O) groups is 1. The van der Waals surface area contributed by atoms with E-state index in [2.05, 4.69) is 38.1 Å². The van der Waals surface area contributed by atoms with Crippen LogP contribution in [0.4, 0.5) is 0 Å². The van der Waals surface area contributed by atoms with Crippen molar-refractivity contribution in [2.45, 2.75) is 34.1 Å². The van der Waals surface area contributed by atoms with E-state index in [0.717, 1.165) is 34.2 Å². The zero-order valence-corrected chi connectivity index (χ0v) is 15.4. The van der Waals surface area contributed by atoms with Crippen molar-refractivity contribution in [1.29, 1.82) is 0 Å². The van der Waals surface area contributed by atoms with E-state index in [1.54, 1.807) is 0 Å². The van der Waals surface area contributed by atoms with Crippen molar-refractivity contribution >= 4 is 5.78 Å². The molecule has 0 spiro atoms. The van der Waals surface area contributed by atoms with Gasteiger partial charge in [0.15, 0.2) is 5.78 Å². The second kappa shape index (κ2) is 7.06. The van der Waals surface area contributed by atoms with E-state index in [1.165, 1.54) is 16.7 Å². The van der Waals surface area contributed by atoms with Crippen molar-refractivity contribution in [2.75, 3.05) is 0 Å². The molecule has 0 saturated heterocycles. The van der Waals surface area contributed by atoms with Gasteiger partial charge >= 0.3 is 0 Å². The molecule has 0 aliphatic rings. The predicted octanol–water partition coefficient (Wildman–Crippen LogP) is 5.74. The highest BCUT2D eigenvalue weighted by Gasteiger charge is 2.17. The Morgan fingerprint density at radius 3 is 1.96 bits per heavy atom. The van der Waals surface area contributed by atoms with Crippen LogP contribution >= 0.6 is 0 Å². The molecule has 1 nitrogen and oxygen atoms in total. The molecule has 0 aliphatic heterocycles. The Bertz CT molecular complexity index is 914. The van der Waals surface area contributed by atoms with Gasteiger partial charge in [-0.1, -0.05) is 60.7 Å². The molecule has 0 radical (unpaired) electrons. The number of ketones is 1. The van der Waals surface area contributed by atoms with Gasteiger partial charge in [-0.05, 0) is 67.5 Å². The first-order valence-electron chi connectivity index (χ1n) is 8.73. The van der Waals surface area contributed by atoms with Crippen LogP contribution in [0.3, 0.4) is 0 Å². The van der Waals surface area contributed by atoms with E-state index in [4.69, 9.17) is 0 Å². The molecule has 0 aliphatic carbocycles. The summed E-state index contributed by atoms with van der Waals surface area (Å²) in [6, 6.07) is 20.4. The summed E-state index contributed by atoms with van der Waals surface area (Å²) >= 11 is 0. The summed E-state index contributed by atoms with van der Waals surface area (Å²) in [6.45, 7) is 8.30. The first kappa shape index (κ1) is 17.2. The van der Waals surface area contributed by atoms with Crippen LogP contribution in [0.2, 0.25) is 0 Å². The summed E-state index contributed by atoms with van der Waals surface area (Å²) in [6.07, 6.45) is 0.778. The highest BCUT2D eigenvalue weighted by molar-refractivity contribution is 6.11. The lowest BCUT2D eigenvalue weighted by Crippen LogP contribution is -2.10. The molecule has 0 aromatic heterocycles. The third kappa shape index (κ3) is 3.41. The standard InChI is InChI=1S/C24H24O/c1-16-9-8-13-20(19(16)4)15-21-12-5-6-14-22(21)24(25)23-17(2)10-7-11-18(23)3/h5-14H,15H2,1-4H3. The maximum Gasteiger partial charge on any atom is 0.193 e. The number of aryl methyl sites for hydroxylation is 3. The lowest BCUT2D eigenvalue weighted by molar-refractivity contribution is 0.103. The lowest BCUT2D eigenvalue weighted by Gasteiger charge is -2.14. The molecule has 0 saturated carbocycles. The van der Waals surface area contributed by atoms with Crippen LogP contribution in [0.1, 0.15) is 49.3 Å². The average molecular weight is 328 g/mol. The van der Waals surface area contributed by atoms with E-state index < -0.39 is 0 Å². The van der Waals surface area contributed by atoms with Gasteiger partial charge < -0.3 is 0 Å². The van der Waals surface area contributed by atoms with E-state index in [1.807, 2.05) is 50.2 Å². The van der Waals surface area contributed by atoms with Crippen LogP contribution in [0.15, 0.2) is 60.7 Å². The quantitative estimate of drug-likeness (QED) is 0.558. The van der Waals surface area contributed by atoms with Crippen LogP contribution < -0.4 is 0 Å². The maximum atomic E-state index is 13.3. The molecule has 0 bridgehead atoms. The molecule has 3 aromatic carbocycles. The van der Waals surface area contributed by atoms with Crippen molar-refractivity contribution in [3.63, 3.8) is 0 Å². The van der Waals surface area contributed by atoms with Crippen molar-refractivity contribution < 1.29 is 4.79 Å². The minimum Gasteiger partial charge on any atom is -0.289 e. The van der Waals surface area contributed by atoms with Crippen LogP contribution in [0.5, 0.6) is 0 Å². The normalized spacial score (nSPS) is 10.7. The Balaban J connectivity index is 2.05. The molecular formula is C24H24O. The Morgan fingerprint density at radius 1 is 0.680 bits per heavy atom. The van der Waals surface area contributed by atoms with Crippen molar-refractivity contribution in [2.24, 2.45) is 0 Å². The fourth-order valence-electron chi connectivity index (χ4n) is 3.41. The third-order valence-electron chi connectivity index (χ3n) is 5.07. The molecule has 126 valence electrons. The van der Waals surface area contributed by atoms with Gasteiger partial charge in [0.1, 0.15) is 0 Å². The molecular weight excluding hydrogens is 304 g/mol. The zero-order valence-electron chi connectivity index (χ0n) is 15.4. The smallest absolute Gasteiger partial charge is 0.193 e. The van der Waals surface area contributed by atoms with Gasteiger partial charge in [0.25, 0.3) is 0 Å². The number of carbonyl (C=O) groups excluding carboxylic acids is 1. The van der Waals surface area contributed by atoms with Gasteiger partial charge in [-0.25, -0.2) is 0 Å². The summed E-state index contributed by atoms with van der Waals surface area (Å²) in [5.74, 6) is 0.122. The summed E-state index contributed by atoms with van der Waals surface area (Å²) < 4.78 is 0. The minimum atomic E-state index is 0.122. The van der Waals surface area contributed by atoms with Crippen LogP contribution in [0, 0.1) is 27.7 Å². The van der Waals surface area contributed by atoms with E-state index in [0.29, 0.717) is 0 Å². The first-order chi connectivity index (χ1) is 12.0. The van der Waals surface area contributed by atoms with Gasteiger partial charge in [-0.2, -0.15) is 0 Å². The Morgan fingerprint density at radius 2 is 1.24 bits per heavy atom. The molecule has 0 atom stereocenters. The number of hydrogen-bond acceptors (Lipinski definition) is 1. The second-order valence-corrected chi connectivity index (χ2v) is 6.79. The number of rotatable bonds is 4. The monoisotopic (exact) mass is 328 g/mol. The van der Waals surface area contributed by atoms with Gasteiger partial charge in [0.2, 0.25) is 0 Å². The lowest BCUT2D eigenvalue weighted by atomic mass is 9.89. The molecule has 1 heteroatoms. The Hall–Kier alpha value is -2.67. The maximum absolute atomic E-state index is 13.3. The van der Waals surface area contributed by atoms with Gasteiger partial charge in [-0.3, -0.25) is 4.79 Å². The van der Waals surface area contributed by atoms with Crippen LogP contribution in [-0.2, 0) is 6.42 Å². The molecule has 0 heterocycles. The van der Waals surface area contributed by atoms with Crippen LogP contribution in [-0.4, -0.2) is 5.78 Å². The fraction of sp³-hybridized carbons (Fsp3) is 0.208. The van der Waals surface area contributed by atoms with Crippen molar-refractivity contribution in [3.05, 3.63) is 105 Å². The van der Waals surface area contributed by atoms with E-state index in [9.17, 15) is 4.79 Å². The third-order valence-corrected chi connectivity index (χ3v) is 5.07. The van der Waals surface area contributed by atoms with E-state index >= 15 is 0 Å². The topological polar surface area (TPSA) is 17.1 Å². The summed E-state index contributed by atoms with van der Waals surface area (Å²) in [7, 11) is 0. The molecule has 0 fully saturated rings. The summed E-state index contributed by atoms with van der Waals surface area (Å²) in [4.78, 5) is 13.3. The molecule has 0 amide bonds. The molecule has 25 heavy (non-hydrogen) atoms. The molecule has 3 rings (SSSR count). The largest absolute Gasteiger partial charge is 0.289 e. The Kier molecular flexibility index (Phi) is 4.85. The predicted molar refractivity (Wildman–Crippen MR) is 105 cm³/mol. The molecule has 0 unspecified atom stereocenters. The fourth-order valence-corrected chi connectivity index (χ4v) is 3.41. The summed E-state index contributed by atoms with van der Waals surface area (Å²) in [5, 5.41) is 0. The van der Waals surface area contributed by atoms with Crippen molar-refractivity contribution in [3.8, 4) is 0 Å². The zero-order chi connectivity index (χ0) is 18.0. The first-order valence-corrected chi connectivity index (χ1v) is 8.73. The summed E-state index contributed by atoms with van der Waals surface area (Å²) in [5.41, 5.74) is 8.66. The van der Waals surface area contributed by atoms with Gasteiger partial charge in [0.05, 0.1) is 0 Å². The SMILES string of the molecule is Cc1cccc(Cc2ccccc2C(=O)c2c(C)cccc2C)c1C. The van der Waals surface area contributed by atoms with E-state index in [-0.39, 0.29) is 5.78 Å². The molecule has 0 N–H and O–H groups in total. The average Bonchev–Trinajstić information content (AvgIpc) is 2.59. The minimum absolute atomic E-state index is 0.122.